The fourth-order valence-electron chi connectivity index (χ4n) is 2.57. The van der Waals surface area contributed by atoms with Crippen LogP contribution in [0.2, 0.25) is 0 Å². The lowest BCUT2D eigenvalue weighted by molar-refractivity contribution is 0.130. The summed E-state index contributed by atoms with van der Waals surface area (Å²) in [4.78, 5) is 0.174. The average Bonchev–Trinajstić information content (AvgIpc) is 2.41. The lowest BCUT2D eigenvalue weighted by Gasteiger charge is -2.28. The number of hydrogen-bond acceptors (Lipinski definition) is 4. The second-order valence-corrected chi connectivity index (χ2v) is 7.31. The molecule has 2 unspecified atom stereocenters. The quantitative estimate of drug-likeness (QED) is 0.834. The van der Waals surface area contributed by atoms with Crippen LogP contribution in [0.5, 0.6) is 5.75 Å². The van der Waals surface area contributed by atoms with Crippen LogP contribution in [0.4, 0.5) is 5.69 Å². The van der Waals surface area contributed by atoms with Crippen molar-refractivity contribution in [3.63, 3.8) is 0 Å². The molecule has 3 N–H and O–H groups in total. The van der Waals surface area contributed by atoms with Crippen molar-refractivity contribution in [2.45, 2.75) is 43.6 Å². The van der Waals surface area contributed by atoms with Crippen molar-refractivity contribution in [2.75, 3.05) is 12.8 Å². The molecule has 1 aromatic rings. The minimum atomic E-state index is -3.47. The number of ether oxygens (including phenoxy) is 1. The molecule has 20 heavy (non-hydrogen) atoms. The molecule has 1 aliphatic carbocycles. The Morgan fingerprint density at radius 2 is 2.10 bits per heavy atom. The molecule has 0 radical (unpaired) electrons. The van der Waals surface area contributed by atoms with Gasteiger partial charge in [0.15, 0.2) is 0 Å². The molecule has 0 spiro atoms. The van der Waals surface area contributed by atoms with Crippen LogP contribution in [0.1, 0.15) is 32.6 Å². The van der Waals surface area contributed by atoms with Crippen LogP contribution in [0, 0.1) is 5.92 Å². The average molecular weight is 298 g/mol. The maximum absolute atomic E-state index is 11.8. The Morgan fingerprint density at radius 3 is 2.75 bits per heavy atom. The number of benzene rings is 1. The summed E-state index contributed by atoms with van der Waals surface area (Å²) in [6.45, 7) is 2.21. The number of nitrogens with two attached hydrogens (primary N) is 1. The molecule has 0 aliphatic heterocycles. The highest BCUT2D eigenvalue weighted by Gasteiger charge is 2.22. The summed E-state index contributed by atoms with van der Waals surface area (Å²) in [7, 11) is -2.09. The van der Waals surface area contributed by atoms with Crippen LogP contribution in [0.15, 0.2) is 23.1 Å². The van der Waals surface area contributed by atoms with Gasteiger partial charge >= 0.3 is 0 Å². The number of nitrogens with one attached hydrogen (secondary N) is 1. The van der Waals surface area contributed by atoms with E-state index in [-0.39, 0.29) is 11.0 Å². The molecule has 6 heteroatoms. The minimum absolute atomic E-state index is 0.119. The van der Waals surface area contributed by atoms with Gasteiger partial charge in [0.1, 0.15) is 5.75 Å². The van der Waals surface area contributed by atoms with E-state index in [4.69, 9.17) is 10.5 Å². The van der Waals surface area contributed by atoms with E-state index in [1.807, 2.05) is 0 Å². The summed E-state index contributed by atoms with van der Waals surface area (Å²) in [5.74, 6) is 1.10. The predicted octanol–water partition coefficient (Wildman–Crippen LogP) is 2.13. The molecular weight excluding hydrogens is 276 g/mol. The molecule has 1 aromatic carbocycles. The Labute approximate surface area is 120 Å². The first-order valence-electron chi connectivity index (χ1n) is 6.92. The molecule has 0 amide bonds. The molecule has 1 aliphatic rings. The Bertz CT molecular complexity index is 572. The Balaban J connectivity index is 2.21. The van der Waals surface area contributed by atoms with Crippen LogP contribution >= 0.6 is 0 Å². The second-order valence-electron chi connectivity index (χ2n) is 5.42. The normalized spacial score (nSPS) is 23.5. The van der Waals surface area contributed by atoms with Crippen molar-refractivity contribution >= 4 is 15.7 Å². The number of hydrogen-bond donors (Lipinski definition) is 2. The van der Waals surface area contributed by atoms with E-state index in [2.05, 4.69) is 11.6 Å². The summed E-state index contributed by atoms with van der Waals surface area (Å²) < 4.78 is 31.8. The topological polar surface area (TPSA) is 81.4 Å². The lowest BCUT2D eigenvalue weighted by Crippen LogP contribution is -2.25. The van der Waals surface area contributed by atoms with Gasteiger partial charge in [0.2, 0.25) is 10.0 Å². The maximum atomic E-state index is 11.8. The molecule has 2 atom stereocenters. The molecule has 0 aromatic heterocycles. The van der Waals surface area contributed by atoms with Gasteiger partial charge < -0.3 is 10.5 Å². The van der Waals surface area contributed by atoms with E-state index in [0.29, 0.717) is 17.4 Å². The van der Waals surface area contributed by atoms with E-state index < -0.39 is 10.0 Å². The standard InChI is InChI=1S/C14H22N2O3S/c1-10-4-3-5-11(8-10)19-14-9-12(6-7-13(14)15)20(17,18)16-2/h6-7,9-11,16H,3-5,8,15H2,1-2H3. The molecule has 5 nitrogen and oxygen atoms in total. The zero-order chi connectivity index (χ0) is 14.8. The van der Waals surface area contributed by atoms with Gasteiger partial charge in [-0.25, -0.2) is 13.1 Å². The highest BCUT2D eigenvalue weighted by molar-refractivity contribution is 7.89. The number of anilines is 1. The zero-order valence-electron chi connectivity index (χ0n) is 11.9. The lowest BCUT2D eigenvalue weighted by atomic mass is 9.89. The van der Waals surface area contributed by atoms with Crippen LogP contribution in [0.25, 0.3) is 0 Å². The number of nitrogen functional groups attached to an aromatic ring is 1. The van der Waals surface area contributed by atoms with Gasteiger partial charge in [0.05, 0.1) is 16.7 Å². The van der Waals surface area contributed by atoms with Crippen molar-refractivity contribution < 1.29 is 13.2 Å². The van der Waals surface area contributed by atoms with Crippen molar-refractivity contribution in [1.29, 1.82) is 0 Å². The van der Waals surface area contributed by atoms with Crippen LogP contribution in [-0.2, 0) is 10.0 Å². The predicted molar refractivity (Wildman–Crippen MR) is 79.1 cm³/mol. The van der Waals surface area contributed by atoms with Gasteiger partial charge in [-0.3, -0.25) is 0 Å². The first kappa shape index (κ1) is 15.1. The molecule has 0 bridgehead atoms. The van der Waals surface area contributed by atoms with Crippen molar-refractivity contribution in [1.82, 2.24) is 4.72 Å². The van der Waals surface area contributed by atoms with Crippen molar-refractivity contribution in [3.8, 4) is 5.75 Å². The molecule has 0 saturated heterocycles. The van der Waals surface area contributed by atoms with Crippen LogP contribution in [-0.4, -0.2) is 21.6 Å². The Morgan fingerprint density at radius 1 is 1.35 bits per heavy atom. The third kappa shape index (κ3) is 3.43. The van der Waals surface area contributed by atoms with E-state index >= 15 is 0 Å². The minimum Gasteiger partial charge on any atom is -0.488 e. The molecule has 112 valence electrons. The van der Waals surface area contributed by atoms with Gasteiger partial charge in [-0.2, -0.15) is 0 Å². The Hall–Kier alpha value is -1.27. The SMILES string of the molecule is CNS(=O)(=O)c1ccc(N)c(OC2CCCC(C)C2)c1. The fourth-order valence-corrected chi connectivity index (χ4v) is 3.31. The monoisotopic (exact) mass is 298 g/mol. The third-order valence-corrected chi connectivity index (χ3v) is 5.16. The summed E-state index contributed by atoms with van der Waals surface area (Å²) >= 11 is 0. The van der Waals surface area contributed by atoms with Crippen molar-refractivity contribution in [3.05, 3.63) is 18.2 Å². The summed E-state index contributed by atoms with van der Waals surface area (Å²) in [6, 6.07) is 4.56. The first-order chi connectivity index (χ1) is 9.42. The maximum Gasteiger partial charge on any atom is 0.240 e. The van der Waals surface area contributed by atoms with Crippen molar-refractivity contribution in [2.24, 2.45) is 5.92 Å². The molecule has 1 fully saturated rings. The number of sulfonamides is 1. The molecule has 0 heterocycles. The largest absolute Gasteiger partial charge is 0.488 e. The van der Waals surface area contributed by atoms with Crippen LogP contribution < -0.4 is 15.2 Å². The highest BCUT2D eigenvalue weighted by atomic mass is 32.2. The van der Waals surface area contributed by atoms with Gasteiger partial charge in [0.25, 0.3) is 0 Å². The van der Waals surface area contributed by atoms with Gasteiger partial charge in [-0.05, 0) is 44.4 Å². The van der Waals surface area contributed by atoms with Gasteiger partial charge in [-0.15, -0.1) is 0 Å². The van der Waals surface area contributed by atoms with Gasteiger partial charge in [-0.1, -0.05) is 13.3 Å². The Kier molecular flexibility index (Phi) is 4.55. The van der Waals surface area contributed by atoms with E-state index in [1.54, 1.807) is 6.07 Å². The molecular formula is C14H22N2O3S. The van der Waals surface area contributed by atoms with E-state index in [9.17, 15) is 8.42 Å². The summed E-state index contributed by atoms with van der Waals surface area (Å²) in [5, 5.41) is 0. The van der Waals surface area contributed by atoms with E-state index in [1.165, 1.54) is 25.6 Å². The molecule has 1 saturated carbocycles. The third-order valence-electron chi connectivity index (χ3n) is 3.75. The smallest absolute Gasteiger partial charge is 0.240 e. The zero-order valence-corrected chi connectivity index (χ0v) is 12.7. The number of rotatable bonds is 4. The van der Waals surface area contributed by atoms with Gasteiger partial charge in [0, 0.05) is 6.07 Å². The second kappa shape index (κ2) is 6.01. The summed E-state index contributed by atoms with van der Waals surface area (Å²) in [6.07, 6.45) is 4.47. The highest BCUT2D eigenvalue weighted by Crippen LogP contribution is 2.31. The summed E-state index contributed by atoms with van der Waals surface area (Å²) in [5.41, 5.74) is 6.36. The first-order valence-corrected chi connectivity index (χ1v) is 8.40. The van der Waals surface area contributed by atoms with E-state index in [0.717, 1.165) is 19.3 Å². The molecule has 2 rings (SSSR count). The van der Waals surface area contributed by atoms with Crippen LogP contribution in [0.3, 0.4) is 0 Å². The fraction of sp³-hybridized carbons (Fsp3) is 0.571.